The van der Waals surface area contributed by atoms with Crippen LogP contribution in [0.4, 0.5) is 0 Å². The number of nitrogens with zero attached hydrogens (tertiary/aromatic N) is 2. The second-order valence-corrected chi connectivity index (χ2v) is 4.88. The average molecular weight is 236 g/mol. The molecule has 1 aromatic rings. The van der Waals surface area contributed by atoms with E-state index in [2.05, 4.69) is 18.9 Å². The molecule has 0 saturated heterocycles. The van der Waals surface area contributed by atoms with Gasteiger partial charge >= 0.3 is 5.97 Å². The fourth-order valence-electron chi connectivity index (χ4n) is 2.36. The van der Waals surface area contributed by atoms with Crippen molar-refractivity contribution in [3.05, 3.63) is 18.0 Å². The predicted octanol–water partition coefficient (Wildman–Crippen LogP) is 2.11. The summed E-state index contributed by atoms with van der Waals surface area (Å²) in [5.74, 6) is 0.682. The topological polar surface area (TPSA) is 44.1 Å². The molecule has 0 N–H and O–H groups in total. The monoisotopic (exact) mass is 236 g/mol. The molecule has 0 aromatic carbocycles. The fraction of sp³-hybridized carbons (Fsp3) is 0.692. The fourth-order valence-corrected chi connectivity index (χ4v) is 2.36. The van der Waals surface area contributed by atoms with E-state index in [9.17, 15) is 4.79 Å². The molecule has 0 bridgehead atoms. The van der Waals surface area contributed by atoms with Crippen molar-refractivity contribution in [3.63, 3.8) is 0 Å². The molecule has 1 aliphatic rings. The van der Waals surface area contributed by atoms with Gasteiger partial charge in [-0.25, -0.2) is 0 Å². The number of ether oxygens (including phenoxy) is 1. The molecule has 1 fully saturated rings. The Morgan fingerprint density at radius 3 is 2.94 bits per heavy atom. The Kier molecular flexibility index (Phi) is 3.50. The van der Waals surface area contributed by atoms with Crippen LogP contribution in [0.25, 0.3) is 0 Å². The molecule has 3 atom stereocenters. The summed E-state index contributed by atoms with van der Waals surface area (Å²) in [6.45, 7) is 4.74. The number of rotatable bonds is 5. The summed E-state index contributed by atoms with van der Waals surface area (Å²) in [5.41, 5.74) is 1.15. The van der Waals surface area contributed by atoms with Gasteiger partial charge in [-0.2, -0.15) is 5.10 Å². The Morgan fingerprint density at radius 1 is 1.59 bits per heavy atom. The standard InChI is InChI=1S/C13H20N2O2/c1-4-5-6-17-13(16)12-9(2)11(12)10-7-14-15(3)8-10/h7-9,11-12H,4-6H2,1-3H3. The molecule has 4 heteroatoms. The first-order valence-electron chi connectivity index (χ1n) is 6.30. The minimum atomic E-state index is -0.0418. The molecule has 17 heavy (non-hydrogen) atoms. The zero-order valence-corrected chi connectivity index (χ0v) is 10.7. The number of aromatic nitrogens is 2. The first-order chi connectivity index (χ1) is 8.15. The maximum atomic E-state index is 11.8. The van der Waals surface area contributed by atoms with Crippen LogP contribution in [-0.4, -0.2) is 22.4 Å². The van der Waals surface area contributed by atoms with Gasteiger partial charge in [0.1, 0.15) is 0 Å². The number of hydrogen-bond donors (Lipinski definition) is 0. The second-order valence-electron chi connectivity index (χ2n) is 4.88. The van der Waals surface area contributed by atoms with E-state index in [1.54, 1.807) is 4.68 Å². The van der Waals surface area contributed by atoms with Crippen LogP contribution in [0.15, 0.2) is 12.4 Å². The van der Waals surface area contributed by atoms with Crippen LogP contribution in [0.5, 0.6) is 0 Å². The highest BCUT2D eigenvalue weighted by Gasteiger charge is 2.53. The van der Waals surface area contributed by atoms with Crippen molar-refractivity contribution in [2.24, 2.45) is 18.9 Å². The van der Waals surface area contributed by atoms with E-state index in [1.165, 1.54) is 0 Å². The lowest BCUT2D eigenvalue weighted by atomic mass is 10.2. The van der Waals surface area contributed by atoms with Gasteiger partial charge < -0.3 is 4.74 Å². The summed E-state index contributed by atoms with van der Waals surface area (Å²) in [6, 6.07) is 0. The zero-order valence-electron chi connectivity index (χ0n) is 10.7. The Balaban J connectivity index is 1.89. The van der Waals surface area contributed by atoms with Crippen molar-refractivity contribution in [3.8, 4) is 0 Å². The van der Waals surface area contributed by atoms with Crippen LogP contribution < -0.4 is 0 Å². The molecular weight excluding hydrogens is 216 g/mol. The molecule has 94 valence electrons. The van der Waals surface area contributed by atoms with E-state index in [1.807, 2.05) is 19.4 Å². The molecule has 0 radical (unpaired) electrons. The van der Waals surface area contributed by atoms with E-state index in [0.29, 0.717) is 18.4 Å². The summed E-state index contributed by atoms with van der Waals surface area (Å²) in [5, 5.41) is 4.15. The predicted molar refractivity (Wildman–Crippen MR) is 64.5 cm³/mol. The van der Waals surface area contributed by atoms with E-state index in [0.717, 1.165) is 18.4 Å². The maximum absolute atomic E-state index is 11.8. The molecule has 1 heterocycles. The first-order valence-corrected chi connectivity index (χ1v) is 6.30. The Bertz CT molecular complexity index is 400. The zero-order chi connectivity index (χ0) is 12.4. The first kappa shape index (κ1) is 12.1. The quantitative estimate of drug-likeness (QED) is 0.581. The molecule has 4 nitrogen and oxygen atoms in total. The number of unbranched alkanes of at least 4 members (excludes halogenated alkanes) is 1. The number of hydrogen-bond acceptors (Lipinski definition) is 3. The van der Waals surface area contributed by atoms with Gasteiger partial charge in [0.2, 0.25) is 0 Å². The smallest absolute Gasteiger partial charge is 0.309 e. The molecular formula is C13H20N2O2. The third-order valence-electron chi connectivity index (χ3n) is 3.50. The molecule has 2 rings (SSSR count). The molecule has 1 saturated carbocycles. The van der Waals surface area contributed by atoms with Crippen LogP contribution in [-0.2, 0) is 16.6 Å². The summed E-state index contributed by atoms with van der Waals surface area (Å²) in [7, 11) is 1.89. The van der Waals surface area contributed by atoms with Gasteiger partial charge in [-0.05, 0) is 17.9 Å². The lowest BCUT2D eigenvalue weighted by Crippen LogP contribution is -2.09. The summed E-state index contributed by atoms with van der Waals surface area (Å²) in [6.07, 6.45) is 5.84. The molecule has 1 aliphatic carbocycles. The number of esters is 1. The lowest BCUT2D eigenvalue weighted by Gasteiger charge is -2.02. The number of carbonyl (C=O) groups excluding carboxylic acids is 1. The summed E-state index contributed by atoms with van der Waals surface area (Å²) < 4.78 is 7.05. The second kappa shape index (κ2) is 4.90. The van der Waals surface area contributed by atoms with Crippen molar-refractivity contribution in [1.82, 2.24) is 9.78 Å². The lowest BCUT2D eigenvalue weighted by molar-refractivity contribution is -0.145. The average Bonchev–Trinajstić information content (AvgIpc) is 2.77. The number of carbonyl (C=O) groups is 1. The summed E-state index contributed by atoms with van der Waals surface area (Å²) >= 11 is 0. The van der Waals surface area contributed by atoms with Gasteiger partial charge in [0.05, 0.1) is 18.7 Å². The van der Waals surface area contributed by atoms with Crippen molar-refractivity contribution in [2.75, 3.05) is 6.61 Å². The van der Waals surface area contributed by atoms with Gasteiger partial charge in [0.25, 0.3) is 0 Å². The molecule has 0 amide bonds. The van der Waals surface area contributed by atoms with Gasteiger partial charge in [0, 0.05) is 19.2 Å². The highest BCUT2D eigenvalue weighted by atomic mass is 16.5. The van der Waals surface area contributed by atoms with Crippen LogP contribution in [0.1, 0.15) is 38.2 Å². The van der Waals surface area contributed by atoms with Crippen molar-refractivity contribution >= 4 is 5.97 Å². The van der Waals surface area contributed by atoms with Crippen LogP contribution in [0, 0.1) is 11.8 Å². The van der Waals surface area contributed by atoms with Crippen LogP contribution >= 0.6 is 0 Å². The molecule has 0 aliphatic heterocycles. The van der Waals surface area contributed by atoms with Gasteiger partial charge in [-0.3, -0.25) is 9.48 Å². The Morgan fingerprint density at radius 2 is 2.35 bits per heavy atom. The highest BCUT2D eigenvalue weighted by molar-refractivity contribution is 5.78. The molecule has 3 unspecified atom stereocenters. The van der Waals surface area contributed by atoms with Crippen molar-refractivity contribution in [2.45, 2.75) is 32.6 Å². The van der Waals surface area contributed by atoms with Gasteiger partial charge in [0.15, 0.2) is 0 Å². The van der Waals surface area contributed by atoms with Crippen molar-refractivity contribution in [1.29, 1.82) is 0 Å². The third kappa shape index (κ3) is 2.51. The normalized spacial score (nSPS) is 26.9. The van der Waals surface area contributed by atoms with E-state index < -0.39 is 0 Å². The third-order valence-corrected chi connectivity index (χ3v) is 3.50. The Hall–Kier alpha value is -1.32. The van der Waals surface area contributed by atoms with Crippen LogP contribution in [0.2, 0.25) is 0 Å². The maximum Gasteiger partial charge on any atom is 0.309 e. The minimum Gasteiger partial charge on any atom is -0.465 e. The Labute approximate surface area is 102 Å². The summed E-state index contributed by atoms with van der Waals surface area (Å²) in [4.78, 5) is 11.8. The van der Waals surface area contributed by atoms with Gasteiger partial charge in [-0.1, -0.05) is 20.3 Å². The number of aryl methyl sites for hydroxylation is 1. The largest absolute Gasteiger partial charge is 0.465 e. The van der Waals surface area contributed by atoms with Gasteiger partial charge in [-0.15, -0.1) is 0 Å². The highest BCUT2D eigenvalue weighted by Crippen LogP contribution is 2.54. The minimum absolute atomic E-state index is 0.0380. The van der Waals surface area contributed by atoms with E-state index in [-0.39, 0.29) is 11.9 Å². The van der Waals surface area contributed by atoms with E-state index in [4.69, 9.17) is 4.74 Å². The van der Waals surface area contributed by atoms with Crippen LogP contribution in [0.3, 0.4) is 0 Å². The SMILES string of the molecule is CCCCOC(=O)C1C(C)C1c1cnn(C)c1. The molecule has 0 spiro atoms. The molecule has 1 aromatic heterocycles. The van der Waals surface area contributed by atoms with E-state index >= 15 is 0 Å². The van der Waals surface area contributed by atoms with Crippen molar-refractivity contribution < 1.29 is 9.53 Å².